The molecule has 2 aromatic heterocycles. The van der Waals surface area contributed by atoms with Crippen molar-refractivity contribution in [3.8, 4) is 0 Å². The molecule has 114 valence electrons. The van der Waals surface area contributed by atoms with Crippen LogP contribution in [0.25, 0.3) is 10.2 Å². The van der Waals surface area contributed by atoms with Gasteiger partial charge in [-0.1, -0.05) is 19.8 Å². The molecule has 0 unspecified atom stereocenters. The third-order valence-electron chi connectivity index (χ3n) is 4.34. The molecule has 5 nitrogen and oxygen atoms in total. The Hall–Kier alpha value is -1.40. The smallest absolute Gasteiger partial charge is 0.240 e. The van der Waals surface area contributed by atoms with Gasteiger partial charge in [0.05, 0.1) is 5.39 Å². The number of hydrazine groups is 1. The number of thiophene rings is 1. The predicted molar refractivity (Wildman–Crippen MR) is 89.6 cm³/mol. The molecule has 0 bridgehead atoms. The standard InChI is InChI=1S/C15H23N5S/c1-9-3-5-11(6-4-9)8-17-13-12-7-10(2)21-14(12)19-15(18-13)20-16/h7,9,11H,3-6,8,16H2,1-2H3,(H2,17,18,19,20). The lowest BCUT2D eigenvalue weighted by molar-refractivity contribution is 0.300. The van der Waals surface area contributed by atoms with Gasteiger partial charge in [0.2, 0.25) is 5.95 Å². The van der Waals surface area contributed by atoms with Crippen LogP contribution in [0.5, 0.6) is 0 Å². The van der Waals surface area contributed by atoms with Crippen molar-refractivity contribution in [2.45, 2.75) is 39.5 Å². The quantitative estimate of drug-likeness (QED) is 0.595. The van der Waals surface area contributed by atoms with Gasteiger partial charge in [-0.2, -0.15) is 4.98 Å². The van der Waals surface area contributed by atoms with E-state index in [4.69, 9.17) is 5.84 Å². The van der Waals surface area contributed by atoms with E-state index in [2.05, 4.69) is 40.6 Å². The van der Waals surface area contributed by atoms with Crippen molar-refractivity contribution >= 4 is 33.3 Å². The second-order valence-corrected chi connectivity index (χ2v) is 7.36. The molecule has 0 saturated heterocycles. The number of nitrogens with zero attached hydrogens (tertiary/aromatic N) is 2. The van der Waals surface area contributed by atoms with Crippen molar-refractivity contribution in [3.63, 3.8) is 0 Å². The van der Waals surface area contributed by atoms with E-state index < -0.39 is 0 Å². The van der Waals surface area contributed by atoms with Crippen LogP contribution in [0.3, 0.4) is 0 Å². The Morgan fingerprint density at radius 3 is 2.76 bits per heavy atom. The van der Waals surface area contributed by atoms with E-state index in [9.17, 15) is 0 Å². The Bertz CT molecular complexity index is 616. The van der Waals surface area contributed by atoms with Crippen LogP contribution >= 0.6 is 11.3 Å². The molecule has 1 aliphatic carbocycles. The van der Waals surface area contributed by atoms with Crippen molar-refractivity contribution in [2.75, 3.05) is 17.3 Å². The SMILES string of the molecule is Cc1cc2c(NCC3CCC(C)CC3)nc(NN)nc2s1. The fourth-order valence-electron chi connectivity index (χ4n) is 3.02. The molecule has 3 rings (SSSR count). The van der Waals surface area contributed by atoms with Crippen LogP contribution in [-0.4, -0.2) is 16.5 Å². The van der Waals surface area contributed by atoms with Gasteiger partial charge >= 0.3 is 0 Å². The van der Waals surface area contributed by atoms with Crippen LogP contribution in [0.1, 0.15) is 37.5 Å². The third-order valence-corrected chi connectivity index (χ3v) is 5.28. The maximum absolute atomic E-state index is 5.47. The van der Waals surface area contributed by atoms with E-state index in [1.807, 2.05) is 0 Å². The maximum Gasteiger partial charge on any atom is 0.240 e. The van der Waals surface area contributed by atoms with Gasteiger partial charge in [-0.3, -0.25) is 5.43 Å². The Balaban J connectivity index is 1.76. The summed E-state index contributed by atoms with van der Waals surface area (Å²) in [5.41, 5.74) is 2.56. The van der Waals surface area contributed by atoms with Crippen LogP contribution in [0.2, 0.25) is 0 Å². The molecule has 6 heteroatoms. The van der Waals surface area contributed by atoms with Crippen molar-refractivity contribution in [3.05, 3.63) is 10.9 Å². The minimum Gasteiger partial charge on any atom is -0.369 e. The number of nitrogens with one attached hydrogen (secondary N) is 2. The number of hydrogen-bond acceptors (Lipinski definition) is 6. The average Bonchev–Trinajstić information content (AvgIpc) is 2.86. The number of fused-ring (bicyclic) bond motifs is 1. The maximum atomic E-state index is 5.47. The number of aromatic nitrogens is 2. The fourth-order valence-corrected chi connectivity index (χ4v) is 3.89. The molecule has 0 amide bonds. The van der Waals surface area contributed by atoms with Gasteiger partial charge in [-0.15, -0.1) is 11.3 Å². The zero-order valence-corrected chi connectivity index (χ0v) is 13.5. The van der Waals surface area contributed by atoms with Crippen molar-refractivity contribution in [1.82, 2.24) is 9.97 Å². The topological polar surface area (TPSA) is 75.9 Å². The zero-order chi connectivity index (χ0) is 14.8. The lowest BCUT2D eigenvalue weighted by Crippen LogP contribution is -2.21. The van der Waals surface area contributed by atoms with Crippen LogP contribution in [0, 0.1) is 18.8 Å². The minimum atomic E-state index is 0.476. The van der Waals surface area contributed by atoms with Crippen molar-refractivity contribution < 1.29 is 0 Å². The average molecular weight is 305 g/mol. The number of rotatable bonds is 4. The first kappa shape index (κ1) is 14.5. The third kappa shape index (κ3) is 3.27. The molecule has 1 saturated carbocycles. The predicted octanol–water partition coefficient (Wildman–Crippen LogP) is 3.52. The molecule has 2 heterocycles. The minimum absolute atomic E-state index is 0.476. The highest BCUT2D eigenvalue weighted by Gasteiger charge is 2.19. The van der Waals surface area contributed by atoms with Gasteiger partial charge in [0.1, 0.15) is 10.6 Å². The highest BCUT2D eigenvalue weighted by Crippen LogP contribution is 2.31. The number of anilines is 2. The zero-order valence-electron chi connectivity index (χ0n) is 12.6. The molecular formula is C15H23N5S. The number of nitrogen functional groups attached to an aromatic ring is 1. The van der Waals surface area contributed by atoms with Crippen molar-refractivity contribution in [1.29, 1.82) is 0 Å². The van der Waals surface area contributed by atoms with E-state index in [0.717, 1.165) is 34.4 Å². The second kappa shape index (κ2) is 6.15. The van der Waals surface area contributed by atoms with Gasteiger partial charge < -0.3 is 5.32 Å². The summed E-state index contributed by atoms with van der Waals surface area (Å²) in [4.78, 5) is 11.1. The van der Waals surface area contributed by atoms with Crippen molar-refractivity contribution in [2.24, 2.45) is 17.7 Å². The first-order valence-electron chi connectivity index (χ1n) is 7.64. The molecule has 2 aromatic rings. The molecule has 0 aromatic carbocycles. The van der Waals surface area contributed by atoms with Gasteiger partial charge in [-0.25, -0.2) is 10.8 Å². The first-order valence-corrected chi connectivity index (χ1v) is 8.46. The Kier molecular flexibility index (Phi) is 4.26. The molecule has 0 aliphatic heterocycles. The van der Waals surface area contributed by atoms with Gasteiger partial charge in [0.15, 0.2) is 0 Å². The Morgan fingerprint density at radius 1 is 1.29 bits per heavy atom. The van der Waals surface area contributed by atoms with Crippen LogP contribution in [0.15, 0.2) is 6.07 Å². The van der Waals surface area contributed by atoms with Gasteiger partial charge in [-0.05, 0) is 37.7 Å². The summed E-state index contributed by atoms with van der Waals surface area (Å²) in [7, 11) is 0. The molecule has 0 atom stereocenters. The highest BCUT2D eigenvalue weighted by atomic mass is 32.1. The highest BCUT2D eigenvalue weighted by molar-refractivity contribution is 7.18. The lowest BCUT2D eigenvalue weighted by Gasteiger charge is -2.26. The van der Waals surface area contributed by atoms with E-state index in [0.29, 0.717) is 5.95 Å². The summed E-state index contributed by atoms with van der Waals surface area (Å²) in [5, 5.41) is 4.62. The molecule has 4 N–H and O–H groups in total. The number of hydrogen-bond donors (Lipinski definition) is 3. The lowest BCUT2D eigenvalue weighted by atomic mass is 9.83. The Labute approximate surface area is 129 Å². The molecule has 0 radical (unpaired) electrons. The van der Waals surface area contributed by atoms with E-state index in [1.54, 1.807) is 11.3 Å². The fraction of sp³-hybridized carbons (Fsp3) is 0.600. The monoisotopic (exact) mass is 305 g/mol. The summed E-state index contributed by atoms with van der Waals surface area (Å²) in [6.07, 6.45) is 5.32. The van der Waals surface area contributed by atoms with Gasteiger partial charge in [0.25, 0.3) is 0 Å². The van der Waals surface area contributed by atoms with Crippen LogP contribution in [-0.2, 0) is 0 Å². The normalized spacial score (nSPS) is 22.4. The number of nitrogens with two attached hydrogens (primary N) is 1. The summed E-state index contributed by atoms with van der Waals surface area (Å²) in [6.45, 7) is 5.43. The summed E-state index contributed by atoms with van der Waals surface area (Å²) in [5.74, 6) is 8.49. The molecule has 1 fully saturated rings. The summed E-state index contributed by atoms with van der Waals surface area (Å²) < 4.78 is 0. The molecule has 21 heavy (non-hydrogen) atoms. The van der Waals surface area contributed by atoms with E-state index in [-0.39, 0.29) is 0 Å². The van der Waals surface area contributed by atoms with Crippen LogP contribution in [0.4, 0.5) is 11.8 Å². The molecule has 0 spiro atoms. The van der Waals surface area contributed by atoms with E-state index >= 15 is 0 Å². The summed E-state index contributed by atoms with van der Waals surface area (Å²) in [6, 6.07) is 2.14. The number of aryl methyl sites for hydroxylation is 1. The molecule has 1 aliphatic rings. The first-order chi connectivity index (χ1) is 10.2. The Morgan fingerprint density at radius 2 is 2.05 bits per heavy atom. The molecular weight excluding hydrogens is 282 g/mol. The largest absolute Gasteiger partial charge is 0.369 e. The van der Waals surface area contributed by atoms with E-state index in [1.165, 1.54) is 30.6 Å². The van der Waals surface area contributed by atoms with Crippen LogP contribution < -0.4 is 16.6 Å². The van der Waals surface area contributed by atoms with Gasteiger partial charge in [0, 0.05) is 11.4 Å². The summed E-state index contributed by atoms with van der Waals surface area (Å²) >= 11 is 1.67. The second-order valence-electron chi connectivity index (χ2n) is 6.12.